The van der Waals surface area contributed by atoms with Gasteiger partial charge in [-0.15, -0.1) is 0 Å². The lowest BCUT2D eigenvalue weighted by molar-refractivity contribution is -0.132. The van der Waals surface area contributed by atoms with Crippen molar-refractivity contribution in [3.63, 3.8) is 0 Å². The molecule has 0 saturated carbocycles. The summed E-state index contributed by atoms with van der Waals surface area (Å²) in [4.78, 5) is 27.5. The SMILES string of the molecule is COc1ccc(C(O)=C2C(=O)C(=O)N(c3cc(C)on3)C2c2ccc(C(C)(C)C)cc2)cc1. The summed E-state index contributed by atoms with van der Waals surface area (Å²) in [6.07, 6.45) is 0. The molecule has 7 heteroatoms. The van der Waals surface area contributed by atoms with Crippen molar-refractivity contribution in [2.45, 2.75) is 39.2 Å². The van der Waals surface area contributed by atoms with Crippen molar-refractivity contribution in [3.8, 4) is 5.75 Å². The van der Waals surface area contributed by atoms with E-state index in [0.717, 1.165) is 5.56 Å². The highest BCUT2D eigenvalue weighted by atomic mass is 16.5. The van der Waals surface area contributed by atoms with Gasteiger partial charge in [0, 0.05) is 11.6 Å². The predicted octanol–water partition coefficient (Wildman–Crippen LogP) is 4.92. The van der Waals surface area contributed by atoms with Gasteiger partial charge in [0.1, 0.15) is 17.3 Å². The van der Waals surface area contributed by atoms with Crippen LogP contribution in [0.2, 0.25) is 0 Å². The van der Waals surface area contributed by atoms with Gasteiger partial charge < -0.3 is 14.4 Å². The molecule has 1 saturated heterocycles. The molecule has 33 heavy (non-hydrogen) atoms. The van der Waals surface area contributed by atoms with Crippen LogP contribution >= 0.6 is 0 Å². The standard InChI is InChI=1S/C26H26N2O5/c1-15-14-20(27-33-15)28-22(16-6-10-18(11-7-16)26(2,3)4)21(24(30)25(28)31)23(29)17-8-12-19(32-5)13-9-17/h6-14,22,29H,1-5H3. The number of aliphatic hydroxyl groups excluding tert-OH is 1. The minimum absolute atomic E-state index is 0.00525. The van der Waals surface area contributed by atoms with E-state index in [1.165, 1.54) is 4.90 Å². The van der Waals surface area contributed by atoms with E-state index in [9.17, 15) is 14.7 Å². The topological polar surface area (TPSA) is 92.9 Å². The zero-order chi connectivity index (χ0) is 23.9. The van der Waals surface area contributed by atoms with Crippen LogP contribution in [0.25, 0.3) is 5.76 Å². The fourth-order valence-electron chi connectivity index (χ4n) is 3.92. The van der Waals surface area contributed by atoms with Crippen LogP contribution in [0.15, 0.2) is 64.7 Å². The first-order valence-corrected chi connectivity index (χ1v) is 10.6. The van der Waals surface area contributed by atoms with E-state index < -0.39 is 17.7 Å². The molecule has 4 rings (SSSR count). The second kappa shape index (κ2) is 8.24. The number of ether oxygens (including phenoxy) is 1. The monoisotopic (exact) mass is 446 g/mol. The Morgan fingerprint density at radius 2 is 1.70 bits per heavy atom. The molecule has 2 heterocycles. The van der Waals surface area contributed by atoms with E-state index in [1.807, 2.05) is 24.3 Å². The van der Waals surface area contributed by atoms with Gasteiger partial charge in [-0.3, -0.25) is 14.5 Å². The second-order valence-electron chi connectivity index (χ2n) is 9.07. The minimum atomic E-state index is -0.856. The van der Waals surface area contributed by atoms with E-state index in [2.05, 4.69) is 25.9 Å². The lowest BCUT2D eigenvalue weighted by Crippen LogP contribution is -2.29. The van der Waals surface area contributed by atoms with Crippen molar-refractivity contribution in [2.75, 3.05) is 12.0 Å². The van der Waals surface area contributed by atoms with Gasteiger partial charge in [0.05, 0.1) is 18.7 Å². The number of nitrogens with zero attached hydrogens (tertiary/aromatic N) is 2. The zero-order valence-corrected chi connectivity index (χ0v) is 19.2. The molecule has 1 unspecified atom stereocenters. The van der Waals surface area contributed by atoms with E-state index in [0.29, 0.717) is 22.6 Å². The first-order chi connectivity index (χ1) is 15.6. The van der Waals surface area contributed by atoms with Crippen LogP contribution in [-0.2, 0) is 15.0 Å². The number of aliphatic hydroxyl groups is 1. The summed E-state index contributed by atoms with van der Waals surface area (Å²) in [5.41, 5.74) is 2.12. The molecule has 0 spiro atoms. The lowest BCUT2D eigenvalue weighted by Gasteiger charge is -2.24. The molecular weight excluding hydrogens is 420 g/mol. The average molecular weight is 447 g/mol. The molecule has 1 N–H and O–H groups in total. The molecule has 1 aromatic heterocycles. The Hall–Kier alpha value is -3.87. The van der Waals surface area contributed by atoms with Gasteiger partial charge in [-0.2, -0.15) is 0 Å². The molecule has 0 radical (unpaired) electrons. The average Bonchev–Trinajstić information content (AvgIpc) is 3.33. The summed E-state index contributed by atoms with van der Waals surface area (Å²) in [5, 5.41) is 15.1. The van der Waals surface area contributed by atoms with Gasteiger partial charge in [0.25, 0.3) is 5.78 Å². The second-order valence-corrected chi connectivity index (χ2v) is 9.07. The number of aromatic nitrogens is 1. The Kier molecular flexibility index (Phi) is 5.57. The molecule has 1 amide bonds. The van der Waals surface area contributed by atoms with Crippen molar-refractivity contribution in [3.05, 3.63) is 82.6 Å². The smallest absolute Gasteiger partial charge is 0.301 e. The summed E-state index contributed by atoms with van der Waals surface area (Å²) >= 11 is 0. The maximum atomic E-state index is 13.2. The fourth-order valence-corrected chi connectivity index (χ4v) is 3.92. The van der Waals surface area contributed by atoms with E-state index in [4.69, 9.17) is 9.26 Å². The lowest BCUT2D eigenvalue weighted by atomic mass is 9.85. The van der Waals surface area contributed by atoms with Crippen LogP contribution in [0.5, 0.6) is 5.75 Å². The molecule has 1 aliphatic rings. The Morgan fingerprint density at radius 1 is 1.06 bits per heavy atom. The van der Waals surface area contributed by atoms with Crippen LogP contribution in [0.1, 0.15) is 49.3 Å². The number of hydrogen-bond acceptors (Lipinski definition) is 6. The highest BCUT2D eigenvalue weighted by Gasteiger charge is 2.48. The largest absolute Gasteiger partial charge is 0.507 e. The number of Topliss-reactive ketones (excluding diaryl/α,β-unsaturated/α-hetero) is 1. The quantitative estimate of drug-likeness (QED) is 0.348. The van der Waals surface area contributed by atoms with Crippen molar-refractivity contribution in [2.24, 2.45) is 0 Å². The van der Waals surface area contributed by atoms with Crippen molar-refractivity contribution < 1.29 is 24.0 Å². The molecule has 1 fully saturated rings. The summed E-state index contributed by atoms with van der Waals surface area (Å²) in [6, 6.07) is 15.1. The number of carbonyl (C=O) groups is 2. The van der Waals surface area contributed by atoms with E-state index in [1.54, 1.807) is 44.4 Å². The molecule has 7 nitrogen and oxygen atoms in total. The third-order valence-electron chi connectivity index (χ3n) is 5.76. The third kappa shape index (κ3) is 4.02. The van der Waals surface area contributed by atoms with Crippen LogP contribution in [0.4, 0.5) is 5.82 Å². The van der Waals surface area contributed by atoms with Crippen LogP contribution in [0.3, 0.4) is 0 Å². The number of rotatable bonds is 4. The number of hydrogen-bond donors (Lipinski definition) is 1. The molecule has 170 valence electrons. The number of aryl methyl sites for hydroxylation is 1. The number of benzene rings is 2. The normalized spacial score (nSPS) is 18.1. The van der Waals surface area contributed by atoms with E-state index >= 15 is 0 Å². The van der Waals surface area contributed by atoms with Gasteiger partial charge in [0.15, 0.2) is 5.82 Å². The summed E-state index contributed by atoms with van der Waals surface area (Å²) in [7, 11) is 1.54. The summed E-state index contributed by atoms with van der Waals surface area (Å²) < 4.78 is 10.3. The van der Waals surface area contributed by atoms with Gasteiger partial charge >= 0.3 is 5.91 Å². The maximum Gasteiger partial charge on any atom is 0.301 e. The summed E-state index contributed by atoms with van der Waals surface area (Å²) in [5.74, 6) is -0.489. The molecule has 1 atom stereocenters. The highest BCUT2D eigenvalue weighted by molar-refractivity contribution is 6.51. The van der Waals surface area contributed by atoms with E-state index in [-0.39, 0.29) is 22.6 Å². The molecular formula is C26H26N2O5. The van der Waals surface area contributed by atoms with Gasteiger partial charge in [-0.1, -0.05) is 50.2 Å². The molecule has 2 aromatic carbocycles. The fraction of sp³-hybridized carbons (Fsp3) is 0.269. The highest BCUT2D eigenvalue weighted by Crippen LogP contribution is 2.42. The first kappa shape index (κ1) is 22.3. The third-order valence-corrected chi connectivity index (χ3v) is 5.76. The first-order valence-electron chi connectivity index (χ1n) is 10.6. The van der Waals surface area contributed by atoms with Crippen molar-refractivity contribution >= 4 is 23.3 Å². The van der Waals surface area contributed by atoms with Crippen LogP contribution in [0, 0.1) is 6.92 Å². The van der Waals surface area contributed by atoms with Gasteiger partial charge in [0.2, 0.25) is 0 Å². The molecule has 0 bridgehead atoms. The van der Waals surface area contributed by atoms with Crippen LogP contribution < -0.4 is 9.64 Å². The Bertz CT molecular complexity index is 1230. The number of ketones is 1. The van der Waals surface area contributed by atoms with Gasteiger partial charge in [-0.25, -0.2) is 0 Å². The number of methoxy groups -OCH3 is 1. The number of carbonyl (C=O) groups excluding carboxylic acids is 2. The molecule has 3 aromatic rings. The Balaban J connectivity index is 1.89. The number of amides is 1. The number of anilines is 1. The van der Waals surface area contributed by atoms with Crippen molar-refractivity contribution in [1.29, 1.82) is 0 Å². The summed E-state index contributed by atoms with van der Waals surface area (Å²) in [6.45, 7) is 8.03. The van der Waals surface area contributed by atoms with Crippen LogP contribution in [-0.4, -0.2) is 29.1 Å². The van der Waals surface area contributed by atoms with Gasteiger partial charge in [-0.05, 0) is 47.7 Å². The Labute approximate surface area is 192 Å². The minimum Gasteiger partial charge on any atom is -0.507 e. The maximum absolute atomic E-state index is 13.2. The Morgan fingerprint density at radius 3 is 2.21 bits per heavy atom. The molecule has 0 aliphatic carbocycles. The van der Waals surface area contributed by atoms with Crippen molar-refractivity contribution in [1.82, 2.24) is 5.16 Å². The molecule has 1 aliphatic heterocycles. The predicted molar refractivity (Wildman–Crippen MR) is 124 cm³/mol. The zero-order valence-electron chi connectivity index (χ0n) is 19.2.